The number of anilines is 1. The van der Waals surface area contributed by atoms with Gasteiger partial charge in [0, 0.05) is 11.6 Å². The number of nitrogens with one attached hydrogen (secondary N) is 1. The standard InChI is InChI=1S/C27H25N3O5S2/c1-37(33,34)18-17-35-30-24(25(31)32)23-19-36-26(28-23)29-27(20-11-5-2-6-12-20,21-13-7-3-8-14-21)22-15-9-4-10-16-22/h2-16,19H,17-18H2,1H3,(H,28,29)(H,31,32). The predicted octanol–water partition coefficient (Wildman–Crippen LogP) is 4.40. The van der Waals surface area contributed by atoms with E-state index in [-0.39, 0.29) is 18.1 Å². The first-order valence-corrected chi connectivity index (χ1v) is 14.3. The van der Waals surface area contributed by atoms with Crippen molar-refractivity contribution in [2.75, 3.05) is 23.9 Å². The van der Waals surface area contributed by atoms with Gasteiger partial charge in [-0.1, -0.05) is 96.2 Å². The third-order valence-corrected chi connectivity index (χ3v) is 7.23. The number of carboxylic acid groups (broad SMARTS) is 1. The van der Waals surface area contributed by atoms with Gasteiger partial charge in [0.15, 0.2) is 15.0 Å². The van der Waals surface area contributed by atoms with E-state index in [2.05, 4.69) is 15.5 Å². The van der Waals surface area contributed by atoms with Gasteiger partial charge in [0.1, 0.15) is 17.8 Å². The number of aliphatic carboxylic acids is 1. The highest BCUT2D eigenvalue weighted by Gasteiger charge is 2.37. The maximum atomic E-state index is 11.9. The van der Waals surface area contributed by atoms with Crippen LogP contribution in [-0.2, 0) is 25.0 Å². The normalized spacial score (nSPS) is 12.2. The van der Waals surface area contributed by atoms with Gasteiger partial charge in [-0.2, -0.15) is 0 Å². The van der Waals surface area contributed by atoms with Crippen molar-refractivity contribution in [2.24, 2.45) is 5.16 Å². The molecular formula is C27H25N3O5S2. The first kappa shape index (κ1) is 26.1. The van der Waals surface area contributed by atoms with Crippen molar-refractivity contribution in [3.63, 3.8) is 0 Å². The molecule has 8 nitrogen and oxygen atoms in total. The number of carbonyl (C=O) groups is 1. The lowest BCUT2D eigenvalue weighted by molar-refractivity contribution is -0.129. The summed E-state index contributed by atoms with van der Waals surface area (Å²) >= 11 is 1.23. The SMILES string of the molecule is CS(=O)(=O)CCON=C(C(=O)O)c1csc(NC(c2ccccc2)(c2ccccc2)c2ccccc2)n1. The van der Waals surface area contributed by atoms with Crippen molar-refractivity contribution in [3.05, 3.63) is 119 Å². The van der Waals surface area contributed by atoms with Gasteiger partial charge < -0.3 is 15.3 Å². The van der Waals surface area contributed by atoms with Crippen LogP contribution in [-0.4, -0.2) is 48.8 Å². The number of carboxylic acids is 1. The second-order valence-electron chi connectivity index (χ2n) is 8.22. The van der Waals surface area contributed by atoms with Crippen LogP contribution in [0.2, 0.25) is 0 Å². The quantitative estimate of drug-likeness (QED) is 0.127. The molecule has 0 aliphatic rings. The smallest absolute Gasteiger partial charge is 0.360 e. The summed E-state index contributed by atoms with van der Waals surface area (Å²) in [6, 6.07) is 29.8. The Morgan fingerprint density at radius 1 is 0.946 bits per heavy atom. The van der Waals surface area contributed by atoms with Gasteiger partial charge in [0.05, 0.1) is 5.75 Å². The minimum Gasteiger partial charge on any atom is -0.476 e. The topological polar surface area (TPSA) is 118 Å². The lowest BCUT2D eigenvalue weighted by atomic mass is 9.77. The third kappa shape index (κ3) is 6.22. The van der Waals surface area contributed by atoms with E-state index in [9.17, 15) is 18.3 Å². The second kappa shape index (κ2) is 11.4. The van der Waals surface area contributed by atoms with Crippen LogP contribution >= 0.6 is 11.3 Å². The van der Waals surface area contributed by atoms with Crippen molar-refractivity contribution in [1.82, 2.24) is 4.98 Å². The summed E-state index contributed by atoms with van der Waals surface area (Å²) in [6.07, 6.45) is 1.06. The van der Waals surface area contributed by atoms with E-state index >= 15 is 0 Å². The van der Waals surface area contributed by atoms with E-state index in [1.165, 1.54) is 11.3 Å². The number of sulfone groups is 1. The fraction of sp³-hybridized carbons (Fsp3) is 0.148. The van der Waals surface area contributed by atoms with Crippen LogP contribution < -0.4 is 5.32 Å². The van der Waals surface area contributed by atoms with Gasteiger partial charge in [-0.3, -0.25) is 0 Å². The minimum atomic E-state index is -3.27. The molecule has 0 saturated heterocycles. The number of nitrogens with zero attached hydrogens (tertiary/aromatic N) is 2. The molecule has 1 aromatic heterocycles. The van der Waals surface area contributed by atoms with E-state index < -0.39 is 27.1 Å². The van der Waals surface area contributed by atoms with E-state index in [1.54, 1.807) is 5.38 Å². The lowest BCUT2D eigenvalue weighted by Gasteiger charge is -2.36. The highest BCUT2D eigenvalue weighted by Crippen LogP contribution is 2.40. The van der Waals surface area contributed by atoms with Gasteiger partial charge >= 0.3 is 5.97 Å². The highest BCUT2D eigenvalue weighted by molar-refractivity contribution is 7.90. The zero-order chi connectivity index (χ0) is 26.3. The summed E-state index contributed by atoms with van der Waals surface area (Å²) in [6.45, 7) is -0.260. The molecule has 0 radical (unpaired) electrons. The molecule has 0 bridgehead atoms. The summed E-state index contributed by atoms with van der Waals surface area (Å²) in [4.78, 5) is 21.4. The maximum absolute atomic E-state index is 11.9. The maximum Gasteiger partial charge on any atom is 0.360 e. The number of benzene rings is 3. The zero-order valence-corrected chi connectivity index (χ0v) is 21.6. The number of hydrogen-bond donors (Lipinski definition) is 2. The molecule has 0 atom stereocenters. The van der Waals surface area contributed by atoms with Crippen LogP contribution in [0.3, 0.4) is 0 Å². The molecule has 3 aromatic carbocycles. The summed E-state index contributed by atoms with van der Waals surface area (Å²) < 4.78 is 22.6. The Morgan fingerprint density at radius 3 is 1.86 bits per heavy atom. The number of hydrogen-bond acceptors (Lipinski definition) is 8. The first-order chi connectivity index (χ1) is 17.8. The van der Waals surface area contributed by atoms with E-state index in [0.29, 0.717) is 5.13 Å². The summed E-state index contributed by atoms with van der Waals surface area (Å²) in [5, 5.41) is 18.9. The molecule has 0 fully saturated rings. The molecule has 10 heteroatoms. The number of oxime groups is 1. The number of aromatic nitrogens is 1. The molecule has 4 aromatic rings. The van der Waals surface area contributed by atoms with E-state index in [1.807, 2.05) is 91.0 Å². The van der Waals surface area contributed by atoms with Crippen LogP contribution in [0.5, 0.6) is 0 Å². The molecule has 190 valence electrons. The van der Waals surface area contributed by atoms with Gasteiger partial charge in [-0.25, -0.2) is 18.2 Å². The molecule has 4 rings (SSSR count). The minimum absolute atomic E-state index is 0.0995. The molecular weight excluding hydrogens is 510 g/mol. The highest BCUT2D eigenvalue weighted by atomic mass is 32.2. The molecule has 37 heavy (non-hydrogen) atoms. The van der Waals surface area contributed by atoms with Crippen LogP contribution in [0.15, 0.2) is 102 Å². The van der Waals surface area contributed by atoms with Crippen molar-refractivity contribution < 1.29 is 23.2 Å². The Balaban J connectivity index is 1.76. The van der Waals surface area contributed by atoms with Crippen molar-refractivity contribution in [1.29, 1.82) is 0 Å². The summed E-state index contributed by atoms with van der Waals surface area (Å²) in [5.41, 5.74) is 1.77. The van der Waals surface area contributed by atoms with Crippen LogP contribution in [0.25, 0.3) is 0 Å². The molecule has 0 amide bonds. The molecule has 0 aliphatic carbocycles. The summed E-state index contributed by atoms with van der Waals surface area (Å²) in [5.74, 6) is -1.61. The largest absolute Gasteiger partial charge is 0.476 e. The van der Waals surface area contributed by atoms with Gasteiger partial charge in [-0.15, -0.1) is 11.3 Å². The van der Waals surface area contributed by atoms with Crippen molar-refractivity contribution in [2.45, 2.75) is 5.54 Å². The van der Waals surface area contributed by atoms with Crippen molar-refractivity contribution in [3.8, 4) is 0 Å². The fourth-order valence-electron chi connectivity index (χ4n) is 3.88. The van der Waals surface area contributed by atoms with Crippen LogP contribution in [0.1, 0.15) is 22.4 Å². The number of thiazole rings is 1. The number of rotatable bonds is 11. The Bertz CT molecular complexity index is 1380. The summed E-state index contributed by atoms with van der Waals surface area (Å²) in [7, 11) is -3.27. The Labute approximate surface area is 219 Å². The zero-order valence-electron chi connectivity index (χ0n) is 19.9. The molecule has 1 heterocycles. The van der Waals surface area contributed by atoms with Gasteiger partial charge in [0.25, 0.3) is 0 Å². The molecule has 0 aliphatic heterocycles. The average molecular weight is 536 g/mol. The van der Waals surface area contributed by atoms with Crippen LogP contribution in [0.4, 0.5) is 5.13 Å². The molecule has 0 unspecified atom stereocenters. The second-order valence-corrected chi connectivity index (χ2v) is 11.3. The lowest BCUT2D eigenvalue weighted by Crippen LogP contribution is -2.38. The van der Waals surface area contributed by atoms with Crippen molar-refractivity contribution >= 4 is 38.0 Å². The molecule has 0 saturated carbocycles. The Morgan fingerprint density at radius 2 is 1.43 bits per heavy atom. The molecule has 2 N–H and O–H groups in total. The van der Waals surface area contributed by atoms with Gasteiger partial charge in [-0.05, 0) is 16.7 Å². The third-order valence-electron chi connectivity index (χ3n) is 5.57. The predicted molar refractivity (Wildman–Crippen MR) is 145 cm³/mol. The van der Waals surface area contributed by atoms with E-state index in [0.717, 1.165) is 22.9 Å². The average Bonchev–Trinajstić information content (AvgIpc) is 3.36. The van der Waals surface area contributed by atoms with Crippen LogP contribution in [0, 0.1) is 0 Å². The fourth-order valence-corrected chi connectivity index (χ4v) is 5.00. The van der Waals surface area contributed by atoms with E-state index in [4.69, 9.17) is 4.84 Å². The Hall–Kier alpha value is -4.02. The Kier molecular flexibility index (Phi) is 8.00. The van der Waals surface area contributed by atoms with Gasteiger partial charge in [0.2, 0.25) is 5.71 Å². The monoisotopic (exact) mass is 535 g/mol. The molecule has 0 spiro atoms. The first-order valence-electron chi connectivity index (χ1n) is 11.3.